The molecule has 1 N–H and O–H groups in total. The first-order valence-corrected chi connectivity index (χ1v) is 8.46. The first-order valence-electron chi connectivity index (χ1n) is 8.46. The van der Waals surface area contributed by atoms with E-state index in [4.69, 9.17) is 4.74 Å². The molecule has 5 nitrogen and oxygen atoms in total. The highest BCUT2D eigenvalue weighted by molar-refractivity contribution is 5.98. The summed E-state index contributed by atoms with van der Waals surface area (Å²) in [6.45, 7) is 4.15. The molecule has 0 saturated carbocycles. The number of aryl methyl sites for hydroxylation is 1. The van der Waals surface area contributed by atoms with Gasteiger partial charge in [0.05, 0.1) is 5.69 Å². The monoisotopic (exact) mass is 338 g/mol. The van der Waals surface area contributed by atoms with Crippen molar-refractivity contribution in [2.45, 2.75) is 32.7 Å². The van der Waals surface area contributed by atoms with Crippen molar-refractivity contribution >= 4 is 17.5 Å². The van der Waals surface area contributed by atoms with Gasteiger partial charge in [0.1, 0.15) is 11.8 Å². The summed E-state index contributed by atoms with van der Waals surface area (Å²) >= 11 is 0. The number of para-hydroxylation sites is 2. The molecule has 130 valence electrons. The Kier molecular flexibility index (Phi) is 5.03. The van der Waals surface area contributed by atoms with E-state index in [0.717, 1.165) is 12.0 Å². The molecule has 1 heterocycles. The Balaban J connectivity index is 1.75. The maximum absolute atomic E-state index is 12.6. The smallest absolute Gasteiger partial charge is 0.247 e. The largest absolute Gasteiger partial charge is 0.455 e. The number of anilines is 1. The van der Waals surface area contributed by atoms with Gasteiger partial charge >= 0.3 is 0 Å². The lowest BCUT2D eigenvalue weighted by molar-refractivity contribution is -0.134. The molecular weight excluding hydrogens is 316 g/mol. The number of nitrogens with one attached hydrogen (secondary N) is 1. The molecule has 0 aromatic heterocycles. The van der Waals surface area contributed by atoms with Gasteiger partial charge in [0.25, 0.3) is 0 Å². The standard InChI is InChI=1S/C20H22N2O3/c1-14-9-11-16(12-10-14)25-19-8-4-3-6-17(19)21-20(24)18-7-5-13-22(18)15(2)23/h3-4,6,8-12,18H,5,7,13H2,1-2H3,(H,21,24). The van der Waals surface area contributed by atoms with E-state index >= 15 is 0 Å². The summed E-state index contributed by atoms with van der Waals surface area (Å²) in [4.78, 5) is 25.9. The van der Waals surface area contributed by atoms with Crippen LogP contribution in [0.25, 0.3) is 0 Å². The Morgan fingerprint density at radius 3 is 2.56 bits per heavy atom. The lowest BCUT2D eigenvalue weighted by atomic mass is 10.2. The van der Waals surface area contributed by atoms with Crippen molar-refractivity contribution in [1.29, 1.82) is 0 Å². The van der Waals surface area contributed by atoms with E-state index in [1.54, 1.807) is 11.0 Å². The van der Waals surface area contributed by atoms with Gasteiger partial charge in [-0.2, -0.15) is 0 Å². The SMILES string of the molecule is CC(=O)N1CCCC1C(=O)Nc1ccccc1Oc1ccc(C)cc1. The van der Waals surface area contributed by atoms with Crippen LogP contribution in [-0.2, 0) is 9.59 Å². The van der Waals surface area contributed by atoms with E-state index in [-0.39, 0.29) is 11.8 Å². The number of likely N-dealkylation sites (tertiary alicyclic amines) is 1. The summed E-state index contributed by atoms with van der Waals surface area (Å²) in [6, 6.07) is 14.6. The third-order valence-corrected chi connectivity index (χ3v) is 4.35. The summed E-state index contributed by atoms with van der Waals surface area (Å²) in [5.41, 5.74) is 1.75. The van der Waals surface area contributed by atoms with Gasteiger partial charge in [0, 0.05) is 13.5 Å². The number of amides is 2. The molecule has 1 fully saturated rings. The van der Waals surface area contributed by atoms with E-state index in [1.807, 2.05) is 49.4 Å². The van der Waals surface area contributed by atoms with Crippen LogP contribution in [0.4, 0.5) is 5.69 Å². The van der Waals surface area contributed by atoms with Crippen LogP contribution < -0.4 is 10.1 Å². The Morgan fingerprint density at radius 2 is 1.84 bits per heavy atom. The highest BCUT2D eigenvalue weighted by Crippen LogP contribution is 2.30. The molecule has 0 bridgehead atoms. The fourth-order valence-corrected chi connectivity index (χ4v) is 3.02. The van der Waals surface area contributed by atoms with Gasteiger partial charge in [0.2, 0.25) is 11.8 Å². The molecule has 0 spiro atoms. The molecule has 1 saturated heterocycles. The number of hydrogen-bond acceptors (Lipinski definition) is 3. The van der Waals surface area contributed by atoms with Gasteiger partial charge in [-0.3, -0.25) is 9.59 Å². The molecule has 2 amide bonds. The molecular formula is C20H22N2O3. The number of hydrogen-bond donors (Lipinski definition) is 1. The average Bonchev–Trinajstić information content (AvgIpc) is 3.09. The summed E-state index contributed by atoms with van der Waals surface area (Å²) in [5, 5.41) is 2.91. The van der Waals surface area contributed by atoms with Gasteiger partial charge in [-0.15, -0.1) is 0 Å². The van der Waals surface area contributed by atoms with E-state index in [9.17, 15) is 9.59 Å². The van der Waals surface area contributed by atoms with Crippen molar-refractivity contribution in [3.05, 3.63) is 54.1 Å². The second kappa shape index (κ2) is 7.38. The van der Waals surface area contributed by atoms with E-state index < -0.39 is 6.04 Å². The predicted octanol–water partition coefficient (Wildman–Crippen LogP) is 3.74. The van der Waals surface area contributed by atoms with Crippen molar-refractivity contribution in [2.75, 3.05) is 11.9 Å². The normalized spacial score (nSPS) is 16.6. The molecule has 1 unspecified atom stereocenters. The van der Waals surface area contributed by atoms with Crippen LogP contribution in [0, 0.1) is 6.92 Å². The minimum absolute atomic E-state index is 0.0677. The van der Waals surface area contributed by atoms with Crippen molar-refractivity contribution in [3.63, 3.8) is 0 Å². The fourth-order valence-electron chi connectivity index (χ4n) is 3.02. The molecule has 3 rings (SSSR count). The molecule has 2 aromatic carbocycles. The van der Waals surface area contributed by atoms with Gasteiger partial charge in [0.15, 0.2) is 5.75 Å². The lowest BCUT2D eigenvalue weighted by Gasteiger charge is -2.23. The maximum Gasteiger partial charge on any atom is 0.247 e. The minimum Gasteiger partial charge on any atom is -0.455 e. The molecule has 0 aliphatic carbocycles. The van der Waals surface area contributed by atoms with Crippen molar-refractivity contribution in [3.8, 4) is 11.5 Å². The zero-order chi connectivity index (χ0) is 17.8. The van der Waals surface area contributed by atoms with Gasteiger partial charge in [-0.05, 0) is 44.0 Å². The zero-order valence-corrected chi connectivity index (χ0v) is 14.5. The molecule has 0 radical (unpaired) electrons. The van der Waals surface area contributed by atoms with Crippen LogP contribution in [-0.4, -0.2) is 29.3 Å². The highest BCUT2D eigenvalue weighted by Gasteiger charge is 2.32. The number of rotatable bonds is 4. The highest BCUT2D eigenvalue weighted by atomic mass is 16.5. The Hall–Kier alpha value is -2.82. The first-order chi connectivity index (χ1) is 12.0. The van der Waals surface area contributed by atoms with Crippen LogP contribution >= 0.6 is 0 Å². The Labute approximate surface area is 147 Å². The third kappa shape index (κ3) is 3.99. The zero-order valence-electron chi connectivity index (χ0n) is 14.5. The van der Waals surface area contributed by atoms with Crippen LogP contribution in [0.5, 0.6) is 11.5 Å². The topological polar surface area (TPSA) is 58.6 Å². The summed E-state index contributed by atoms with van der Waals surface area (Å²) in [6.07, 6.45) is 1.53. The number of benzene rings is 2. The second-order valence-electron chi connectivity index (χ2n) is 6.27. The van der Waals surface area contributed by atoms with Crippen molar-refractivity contribution in [1.82, 2.24) is 4.90 Å². The number of carbonyl (C=O) groups is 2. The molecule has 2 aromatic rings. The van der Waals surface area contributed by atoms with Crippen LogP contribution in [0.3, 0.4) is 0 Å². The fraction of sp³-hybridized carbons (Fsp3) is 0.300. The molecule has 1 aliphatic heterocycles. The summed E-state index contributed by atoms with van der Waals surface area (Å²) in [7, 11) is 0. The molecule has 5 heteroatoms. The number of ether oxygens (including phenoxy) is 1. The van der Waals surface area contributed by atoms with E-state index in [1.165, 1.54) is 6.92 Å². The molecule has 25 heavy (non-hydrogen) atoms. The van der Waals surface area contributed by atoms with E-state index in [2.05, 4.69) is 5.32 Å². The number of nitrogens with zero attached hydrogens (tertiary/aromatic N) is 1. The van der Waals surface area contributed by atoms with E-state index in [0.29, 0.717) is 30.2 Å². The van der Waals surface area contributed by atoms with Crippen LogP contribution in [0.2, 0.25) is 0 Å². The summed E-state index contributed by atoms with van der Waals surface area (Å²) < 4.78 is 5.91. The Bertz CT molecular complexity index is 771. The summed E-state index contributed by atoms with van der Waals surface area (Å²) in [5.74, 6) is 1.04. The lowest BCUT2D eigenvalue weighted by Crippen LogP contribution is -2.42. The predicted molar refractivity (Wildman–Crippen MR) is 96.7 cm³/mol. The van der Waals surface area contributed by atoms with Crippen molar-refractivity contribution < 1.29 is 14.3 Å². The number of carbonyl (C=O) groups excluding carboxylic acids is 2. The minimum atomic E-state index is -0.412. The first kappa shape index (κ1) is 17.0. The van der Waals surface area contributed by atoms with Crippen LogP contribution in [0.15, 0.2) is 48.5 Å². The molecule has 1 atom stereocenters. The molecule has 1 aliphatic rings. The van der Waals surface area contributed by atoms with Gasteiger partial charge in [-0.25, -0.2) is 0 Å². The average molecular weight is 338 g/mol. The third-order valence-electron chi connectivity index (χ3n) is 4.35. The maximum atomic E-state index is 12.6. The quantitative estimate of drug-likeness (QED) is 0.924. The van der Waals surface area contributed by atoms with Crippen LogP contribution in [0.1, 0.15) is 25.3 Å². The second-order valence-corrected chi connectivity index (χ2v) is 6.27. The van der Waals surface area contributed by atoms with Gasteiger partial charge in [-0.1, -0.05) is 29.8 Å². The van der Waals surface area contributed by atoms with Crippen molar-refractivity contribution in [2.24, 2.45) is 0 Å². The van der Waals surface area contributed by atoms with Gasteiger partial charge < -0.3 is 15.0 Å². The Morgan fingerprint density at radius 1 is 1.12 bits per heavy atom.